The highest BCUT2D eigenvalue weighted by Gasteiger charge is 2.39. The van der Waals surface area contributed by atoms with Crippen LogP contribution in [0.3, 0.4) is 0 Å². The number of carbonyl (C=O) groups is 2. The number of ether oxygens (including phenoxy) is 1. The lowest BCUT2D eigenvalue weighted by atomic mass is 9.80. The molecule has 0 saturated heterocycles. The Morgan fingerprint density at radius 3 is 1.65 bits per heavy atom. The minimum Gasteiger partial charge on any atom is -0.399 e. The number of nitrogens with two attached hydrogens (primary N) is 2. The van der Waals surface area contributed by atoms with Gasteiger partial charge in [0.1, 0.15) is 11.2 Å². The van der Waals surface area contributed by atoms with Crippen LogP contribution in [0.25, 0.3) is 12.2 Å². The number of rotatable bonds is 4. The minimum atomic E-state index is -1.53. The van der Waals surface area contributed by atoms with Gasteiger partial charge < -0.3 is 26.4 Å². The third-order valence-corrected chi connectivity index (χ3v) is 5.76. The summed E-state index contributed by atoms with van der Waals surface area (Å²) in [5, 5.41) is 22.1. The van der Waals surface area contributed by atoms with E-state index in [0.29, 0.717) is 22.5 Å². The van der Waals surface area contributed by atoms with Gasteiger partial charge in [0.15, 0.2) is 0 Å². The zero-order valence-electron chi connectivity index (χ0n) is 16.9. The Morgan fingerprint density at radius 1 is 0.806 bits per heavy atom. The molecule has 2 atom stereocenters. The summed E-state index contributed by atoms with van der Waals surface area (Å²) in [6.07, 6.45) is 6.74. The smallest absolute Gasteiger partial charge is 0.316 e. The standard InChI is InChI=1S/C24H24N2O5/c25-17-7-5-15-3-1-9-23(29,19(15)11-17)13-21(27)31-22(28)14-24(30)10-2-4-16-6-8-18(26)12-20(16)24/h1-8,11-12,29-30H,9-10,13-14,25-26H2. The number of aliphatic hydroxyl groups is 2. The first-order valence-corrected chi connectivity index (χ1v) is 10.00. The highest BCUT2D eigenvalue weighted by molar-refractivity contribution is 5.87. The third-order valence-electron chi connectivity index (χ3n) is 5.76. The molecule has 2 unspecified atom stereocenters. The predicted octanol–water partition coefficient (Wildman–Crippen LogP) is 2.61. The topological polar surface area (TPSA) is 136 Å². The molecule has 2 aliphatic carbocycles. The molecule has 0 amide bonds. The number of esters is 2. The van der Waals surface area contributed by atoms with E-state index < -0.39 is 36.0 Å². The van der Waals surface area contributed by atoms with Crippen LogP contribution in [0.1, 0.15) is 47.9 Å². The van der Waals surface area contributed by atoms with Gasteiger partial charge in [-0.25, -0.2) is 0 Å². The van der Waals surface area contributed by atoms with E-state index in [-0.39, 0.29) is 12.8 Å². The van der Waals surface area contributed by atoms with Gasteiger partial charge in [0.25, 0.3) is 0 Å². The van der Waals surface area contributed by atoms with Gasteiger partial charge in [-0.3, -0.25) is 9.59 Å². The fraction of sp³-hybridized carbons (Fsp3) is 0.250. The normalized spacial score (nSPS) is 23.7. The lowest BCUT2D eigenvalue weighted by Gasteiger charge is -2.32. The highest BCUT2D eigenvalue weighted by Crippen LogP contribution is 2.39. The Hall–Kier alpha value is -3.42. The second kappa shape index (κ2) is 7.68. The SMILES string of the molecule is Nc1ccc2c(c1)C(O)(CC(=O)OC(=O)CC1(O)CC=Cc3ccc(N)cc31)CC=C2. The number of anilines is 2. The molecular weight excluding hydrogens is 396 g/mol. The van der Waals surface area contributed by atoms with E-state index in [9.17, 15) is 19.8 Å². The second-order valence-corrected chi connectivity index (χ2v) is 8.17. The van der Waals surface area contributed by atoms with Gasteiger partial charge in [-0.15, -0.1) is 0 Å². The molecule has 0 bridgehead atoms. The molecule has 2 aliphatic rings. The number of carbonyl (C=O) groups excluding carboxylic acids is 2. The zero-order valence-corrected chi connectivity index (χ0v) is 16.9. The molecule has 0 saturated carbocycles. The molecule has 6 N–H and O–H groups in total. The van der Waals surface area contributed by atoms with Crippen LogP contribution >= 0.6 is 0 Å². The van der Waals surface area contributed by atoms with Crippen molar-refractivity contribution in [1.82, 2.24) is 0 Å². The van der Waals surface area contributed by atoms with Crippen molar-refractivity contribution in [2.45, 2.75) is 36.9 Å². The average molecular weight is 420 g/mol. The molecule has 0 heterocycles. The lowest BCUT2D eigenvalue weighted by molar-refractivity contribution is -0.166. The van der Waals surface area contributed by atoms with Crippen molar-refractivity contribution in [2.75, 3.05) is 11.5 Å². The third kappa shape index (κ3) is 4.10. The van der Waals surface area contributed by atoms with Crippen LogP contribution in [0.15, 0.2) is 48.6 Å². The molecule has 0 spiro atoms. The summed E-state index contributed by atoms with van der Waals surface area (Å²) >= 11 is 0. The highest BCUT2D eigenvalue weighted by atomic mass is 16.6. The summed E-state index contributed by atoms with van der Waals surface area (Å²) in [6.45, 7) is 0. The maximum absolute atomic E-state index is 12.5. The zero-order chi connectivity index (χ0) is 22.2. The van der Waals surface area contributed by atoms with Crippen LogP contribution in [0.4, 0.5) is 11.4 Å². The summed E-state index contributed by atoms with van der Waals surface area (Å²) in [5.41, 5.74) is 12.1. The van der Waals surface area contributed by atoms with E-state index in [1.54, 1.807) is 48.6 Å². The Labute approximate surface area is 179 Å². The van der Waals surface area contributed by atoms with Crippen molar-refractivity contribution in [1.29, 1.82) is 0 Å². The van der Waals surface area contributed by atoms with Gasteiger partial charge in [0.2, 0.25) is 0 Å². The first kappa shape index (κ1) is 20.8. The summed E-state index contributed by atoms with van der Waals surface area (Å²) in [7, 11) is 0. The van der Waals surface area contributed by atoms with Crippen molar-refractivity contribution in [3.63, 3.8) is 0 Å². The number of benzene rings is 2. The molecule has 0 aromatic heterocycles. The molecule has 7 nitrogen and oxygen atoms in total. The second-order valence-electron chi connectivity index (χ2n) is 8.17. The molecule has 7 heteroatoms. The Morgan fingerprint density at radius 2 is 1.23 bits per heavy atom. The van der Waals surface area contributed by atoms with E-state index in [2.05, 4.69) is 0 Å². The molecule has 0 radical (unpaired) electrons. The van der Waals surface area contributed by atoms with Crippen LogP contribution < -0.4 is 11.5 Å². The summed E-state index contributed by atoms with van der Waals surface area (Å²) < 4.78 is 4.97. The minimum absolute atomic E-state index is 0.189. The van der Waals surface area contributed by atoms with E-state index in [1.165, 1.54) is 0 Å². The Balaban J connectivity index is 1.46. The maximum atomic E-state index is 12.5. The summed E-state index contributed by atoms with van der Waals surface area (Å²) in [6, 6.07) is 10.2. The van der Waals surface area contributed by atoms with E-state index >= 15 is 0 Å². The molecule has 0 aliphatic heterocycles. The fourth-order valence-corrected chi connectivity index (χ4v) is 4.24. The van der Waals surface area contributed by atoms with Gasteiger partial charge >= 0.3 is 11.9 Å². The molecule has 2 aromatic carbocycles. The van der Waals surface area contributed by atoms with Crippen molar-refractivity contribution >= 4 is 35.5 Å². The maximum Gasteiger partial charge on any atom is 0.316 e. The predicted molar refractivity (Wildman–Crippen MR) is 117 cm³/mol. The fourth-order valence-electron chi connectivity index (χ4n) is 4.24. The van der Waals surface area contributed by atoms with Crippen LogP contribution in [0.5, 0.6) is 0 Å². The van der Waals surface area contributed by atoms with E-state index in [4.69, 9.17) is 16.2 Å². The van der Waals surface area contributed by atoms with Crippen LogP contribution in [0.2, 0.25) is 0 Å². The van der Waals surface area contributed by atoms with Gasteiger partial charge in [-0.05, 0) is 59.4 Å². The average Bonchev–Trinajstić information content (AvgIpc) is 2.69. The quantitative estimate of drug-likeness (QED) is 0.339. The van der Waals surface area contributed by atoms with Gasteiger partial charge in [0.05, 0.1) is 12.8 Å². The van der Waals surface area contributed by atoms with Gasteiger partial charge in [-0.2, -0.15) is 0 Å². The lowest BCUT2D eigenvalue weighted by Crippen LogP contribution is -2.35. The summed E-state index contributed by atoms with van der Waals surface area (Å²) in [4.78, 5) is 25.0. The monoisotopic (exact) mass is 420 g/mol. The Kier molecular flexibility index (Phi) is 5.16. The molecule has 4 rings (SSSR count). The number of hydrogen-bond acceptors (Lipinski definition) is 7. The molecule has 0 fully saturated rings. The van der Waals surface area contributed by atoms with Crippen molar-refractivity contribution < 1.29 is 24.5 Å². The first-order chi connectivity index (χ1) is 14.7. The summed E-state index contributed by atoms with van der Waals surface area (Å²) in [5.74, 6) is -1.75. The van der Waals surface area contributed by atoms with Crippen LogP contribution in [0, 0.1) is 0 Å². The molecule has 2 aromatic rings. The van der Waals surface area contributed by atoms with Crippen molar-refractivity contribution in [3.05, 3.63) is 70.8 Å². The van der Waals surface area contributed by atoms with Gasteiger partial charge in [0, 0.05) is 11.4 Å². The molecule has 160 valence electrons. The number of hydrogen-bond donors (Lipinski definition) is 4. The number of nitrogen functional groups attached to an aromatic ring is 2. The largest absolute Gasteiger partial charge is 0.399 e. The molecule has 31 heavy (non-hydrogen) atoms. The van der Waals surface area contributed by atoms with Crippen molar-refractivity contribution in [3.8, 4) is 0 Å². The van der Waals surface area contributed by atoms with Gasteiger partial charge in [-0.1, -0.05) is 36.4 Å². The van der Waals surface area contributed by atoms with E-state index in [0.717, 1.165) is 11.1 Å². The molecular formula is C24H24N2O5. The number of fused-ring (bicyclic) bond motifs is 2. The Bertz CT molecular complexity index is 1040. The van der Waals surface area contributed by atoms with E-state index in [1.807, 2.05) is 12.2 Å². The first-order valence-electron chi connectivity index (χ1n) is 10.00. The van der Waals surface area contributed by atoms with Crippen molar-refractivity contribution in [2.24, 2.45) is 0 Å². The van der Waals surface area contributed by atoms with Crippen LogP contribution in [-0.4, -0.2) is 22.2 Å². The van der Waals surface area contributed by atoms with Crippen LogP contribution in [-0.2, 0) is 25.5 Å².